The predicted octanol–water partition coefficient (Wildman–Crippen LogP) is 3.31. The molecule has 2 saturated heterocycles. The lowest BCUT2D eigenvalue weighted by molar-refractivity contribution is -0.137. The molecule has 1 unspecified atom stereocenters. The van der Waals surface area contributed by atoms with Gasteiger partial charge in [0.15, 0.2) is 5.41 Å². The van der Waals surface area contributed by atoms with Crippen LogP contribution in [-0.2, 0) is 25.0 Å². The maximum Gasteiger partial charge on any atom is 0.274 e. The van der Waals surface area contributed by atoms with Gasteiger partial charge in [-0.05, 0) is 62.7 Å². The topological polar surface area (TPSA) is 134 Å². The first kappa shape index (κ1) is 35.9. The summed E-state index contributed by atoms with van der Waals surface area (Å²) in [5.74, 6) is -1.42. The van der Waals surface area contributed by atoms with Gasteiger partial charge in [0.2, 0.25) is 5.88 Å². The van der Waals surface area contributed by atoms with Crippen molar-refractivity contribution in [1.29, 1.82) is 0 Å². The number of piperazine rings is 1. The highest BCUT2D eigenvalue weighted by atomic mass is 35.5. The van der Waals surface area contributed by atoms with Gasteiger partial charge in [-0.25, -0.2) is 22.7 Å². The molecule has 268 valence electrons. The van der Waals surface area contributed by atoms with E-state index in [2.05, 4.69) is 27.1 Å². The number of hydrazine groups is 1. The smallest absolute Gasteiger partial charge is 0.274 e. The number of anilines is 1. The van der Waals surface area contributed by atoms with Crippen molar-refractivity contribution in [3.63, 3.8) is 0 Å². The number of pyridine rings is 1. The van der Waals surface area contributed by atoms with Crippen molar-refractivity contribution in [2.75, 3.05) is 70.9 Å². The van der Waals surface area contributed by atoms with Gasteiger partial charge in [0.05, 0.1) is 26.5 Å². The van der Waals surface area contributed by atoms with E-state index in [1.807, 2.05) is 0 Å². The summed E-state index contributed by atoms with van der Waals surface area (Å²) in [5.41, 5.74) is 0.923. The summed E-state index contributed by atoms with van der Waals surface area (Å²) in [6.45, 7) is 10.3. The molecule has 2 fully saturated rings. The van der Waals surface area contributed by atoms with Crippen LogP contribution in [0.3, 0.4) is 0 Å². The van der Waals surface area contributed by atoms with E-state index in [4.69, 9.17) is 25.8 Å². The molecular weight excluding hydrogens is 684 g/mol. The molecule has 13 nitrogen and oxygen atoms in total. The van der Waals surface area contributed by atoms with Crippen LogP contribution in [0.1, 0.15) is 37.8 Å². The third-order valence-corrected chi connectivity index (χ3v) is 11.8. The number of hydrogen-bond donors (Lipinski definition) is 1. The van der Waals surface area contributed by atoms with Crippen molar-refractivity contribution >= 4 is 39.1 Å². The Balaban J connectivity index is 1.41. The van der Waals surface area contributed by atoms with Crippen LogP contribution in [0.2, 0.25) is 5.02 Å². The third kappa shape index (κ3) is 6.28. The summed E-state index contributed by atoms with van der Waals surface area (Å²) in [6.07, 6.45) is 3.13. The maximum absolute atomic E-state index is 15.2. The van der Waals surface area contributed by atoms with Crippen LogP contribution in [0.5, 0.6) is 17.4 Å². The zero-order chi connectivity index (χ0) is 35.6. The zero-order valence-electron chi connectivity index (χ0n) is 28.7. The van der Waals surface area contributed by atoms with Crippen LogP contribution in [0, 0.1) is 0 Å². The Kier molecular flexibility index (Phi) is 10.6. The fourth-order valence-electron chi connectivity index (χ4n) is 7.23. The average molecular weight is 727 g/mol. The molecule has 3 aromatic rings. The van der Waals surface area contributed by atoms with Crippen molar-refractivity contribution < 1.29 is 32.2 Å². The number of fused-ring (bicyclic) bond motifs is 1. The molecule has 0 bridgehead atoms. The van der Waals surface area contributed by atoms with Gasteiger partial charge in [-0.2, -0.15) is 0 Å². The lowest BCUT2D eigenvalue weighted by atomic mass is 9.74. The van der Waals surface area contributed by atoms with Crippen LogP contribution in [0.4, 0.5) is 5.69 Å². The van der Waals surface area contributed by atoms with Gasteiger partial charge in [-0.15, -0.1) is 0 Å². The van der Waals surface area contributed by atoms with Crippen LogP contribution >= 0.6 is 11.6 Å². The molecule has 50 heavy (non-hydrogen) atoms. The fourth-order valence-corrected chi connectivity index (χ4v) is 9.01. The molecule has 1 N–H and O–H groups in total. The van der Waals surface area contributed by atoms with Crippen LogP contribution < -0.4 is 23.9 Å². The number of benzene rings is 2. The molecule has 4 heterocycles. The number of rotatable bonds is 11. The number of halogens is 1. The van der Waals surface area contributed by atoms with Gasteiger partial charge in [0.1, 0.15) is 16.4 Å². The van der Waals surface area contributed by atoms with Gasteiger partial charge in [-0.3, -0.25) is 19.9 Å². The lowest BCUT2D eigenvalue weighted by Crippen LogP contribution is -2.60. The minimum absolute atomic E-state index is 0.0237. The third-order valence-electron chi connectivity index (χ3n) is 9.87. The monoisotopic (exact) mass is 726 g/mol. The molecule has 6 rings (SSSR count). The van der Waals surface area contributed by atoms with E-state index >= 15 is 4.79 Å². The van der Waals surface area contributed by atoms with E-state index in [1.54, 1.807) is 24.1 Å². The summed E-state index contributed by atoms with van der Waals surface area (Å²) >= 11 is 6.54. The normalized spacial score (nSPS) is 20.8. The number of methoxy groups -OCH3 is 2. The Labute approximate surface area is 298 Å². The SMILES string of the molecule is CCOc1ncccc1C1(C(=O)NN2CCC(N3CCN(CC)CC3)CC2)C(=O)N(S(=O)(=O)c2ccc(OC)cc2OC)c2ccc(Cl)cc21. The number of ether oxygens (including phenoxy) is 3. The molecule has 3 aliphatic heterocycles. The number of aromatic nitrogens is 1. The number of carbonyl (C=O) groups is 2. The van der Waals surface area contributed by atoms with Crippen molar-refractivity contribution in [1.82, 2.24) is 25.2 Å². The maximum atomic E-state index is 15.2. The Hall–Kier alpha value is -3.95. The van der Waals surface area contributed by atoms with Gasteiger partial charge in [0.25, 0.3) is 21.8 Å². The number of nitrogens with zero attached hydrogens (tertiary/aromatic N) is 5. The first-order chi connectivity index (χ1) is 24.1. The first-order valence-electron chi connectivity index (χ1n) is 16.8. The highest BCUT2D eigenvalue weighted by Crippen LogP contribution is 2.52. The van der Waals surface area contributed by atoms with Gasteiger partial charge < -0.3 is 19.1 Å². The summed E-state index contributed by atoms with van der Waals surface area (Å²) in [5, 5.41) is 2.02. The zero-order valence-corrected chi connectivity index (χ0v) is 30.3. The largest absolute Gasteiger partial charge is 0.497 e. The summed E-state index contributed by atoms with van der Waals surface area (Å²) in [6, 6.07) is 12.1. The fraction of sp³-hybridized carbons (Fsp3) is 0.457. The van der Waals surface area contributed by atoms with E-state index < -0.39 is 27.3 Å². The summed E-state index contributed by atoms with van der Waals surface area (Å²) < 4.78 is 46.4. The second-order valence-electron chi connectivity index (χ2n) is 12.4. The second-order valence-corrected chi connectivity index (χ2v) is 14.6. The van der Waals surface area contributed by atoms with Gasteiger partial charge in [0, 0.05) is 73.7 Å². The number of carbonyl (C=O) groups excluding carboxylic acids is 2. The standard InChI is InChI=1S/C35H43ClN6O7S/c1-5-39-18-20-40(21-19-39)25-13-16-41(17-14-25)38-33(43)35(27-8-7-15-37-32(27)49-6-2)28-22-24(36)9-11-29(28)42(34(35)44)50(45,46)31-12-10-26(47-3)23-30(31)48-4/h7-12,15,22-23,25H,5-6,13-14,16-21H2,1-4H3,(H,38,43). The van der Waals surface area contributed by atoms with E-state index in [0.29, 0.717) is 29.2 Å². The Bertz CT molecular complexity index is 1850. The molecular formula is C35H43ClN6O7S. The van der Waals surface area contributed by atoms with Gasteiger partial charge >= 0.3 is 0 Å². The van der Waals surface area contributed by atoms with E-state index in [-0.39, 0.29) is 45.0 Å². The summed E-state index contributed by atoms with van der Waals surface area (Å²) in [4.78, 5) is 39.2. The highest BCUT2D eigenvalue weighted by Gasteiger charge is 2.62. The number of nitrogens with one attached hydrogen (secondary N) is 1. The van der Waals surface area contributed by atoms with Crippen molar-refractivity contribution in [2.45, 2.75) is 43.0 Å². The second kappa shape index (κ2) is 14.7. The minimum Gasteiger partial charge on any atom is -0.497 e. The molecule has 0 saturated carbocycles. The molecule has 2 amide bonds. The molecule has 1 aromatic heterocycles. The predicted molar refractivity (Wildman–Crippen MR) is 188 cm³/mol. The van der Waals surface area contributed by atoms with E-state index in [1.165, 1.54) is 56.8 Å². The summed E-state index contributed by atoms with van der Waals surface area (Å²) in [7, 11) is -1.91. The number of sulfonamides is 1. The quantitative estimate of drug-likeness (QED) is 0.292. The van der Waals surface area contributed by atoms with Crippen LogP contribution in [-0.4, -0.2) is 113 Å². The Morgan fingerprint density at radius 2 is 1.72 bits per heavy atom. The number of likely N-dealkylation sites (N-methyl/N-ethyl adjacent to an activating group) is 1. The van der Waals surface area contributed by atoms with Crippen LogP contribution in [0.15, 0.2) is 59.6 Å². The molecule has 15 heteroatoms. The molecule has 1 atom stereocenters. The number of hydrogen-bond acceptors (Lipinski definition) is 11. The molecule has 0 radical (unpaired) electrons. The highest BCUT2D eigenvalue weighted by molar-refractivity contribution is 7.93. The molecule has 3 aliphatic rings. The Morgan fingerprint density at radius 3 is 2.38 bits per heavy atom. The number of piperidine rings is 1. The van der Waals surface area contributed by atoms with Crippen LogP contribution in [0.25, 0.3) is 0 Å². The minimum atomic E-state index is -4.68. The molecule has 2 aromatic carbocycles. The molecule has 0 spiro atoms. The van der Waals surface area contributed by atoms with Crippen molar-refractivity contribution in [3.05, 3.63) is 70.9 Å². The lowest BCUT2D eigenvalue weighted by Gasteiger charge is -2.43. The van der Waals surface area contributed by atoms with Crippen molar-refractivity contribution in [2.24, 2.45) is 0 Å². The number of amides is 2. The van der Waals surface area contributed by atoms with E-state index in [9.17, 15) is 13.2 Å². The van der Waals surface area contributed by atoms with Gasteiger partial charge in [-0.1, -0.05) is 24.6 Å². The Morgan fingerprint density at radius 1 is 0.980 bits per heavy atom. The van der Waals surface area contributed by atoms with E-state index in [0.717, 1.165) is 45.6 Å². The average Bonchev–Trinajstić information content (AvgIpc) is 3.40. The first-order valence-corrected chi connectivity index (χ1v) is 18.6. The van der Waals surface area contributed by atoms with Crippen molar-refractivity contribution in [3.8, 4) is 17.4 Å². The molecule has 0 aliphatic carbocycles.